The van der Waals surface area contributed by atoms with Gasteiger partial charge in [-0.3, -0.25) is 9.69 Å². The fourth-order valence-corrected chi connectivity index (χ4v) is 2.20. The summed E-state index contributed by atoms with van der Waals surface area (Å²) >= 11 is 9.03. The van der Waals surface area contributed by atoms with Gasteiger partial charge in [-0.1, -0.05) is 6.07 Å². The van der Waals surface area contributed by atoms with E-state index in [-0.39, 0.29) is 11.8 Å². The Labute approximate surface area is 102 Å². The van der Waals surface area contributed by atoms with E-state index in [2.05, 4.69) is 20.9 Å². The molecule has 1 unspecified atom stereocenters. The average molecular weight is 290 g/mol. The molecular formula is C10H10BrClN2O. The van der Waals surface area contributed by atoms with Crippen LogP contribution in [-0.4, -0.2) is 23.3 Å². The number of pyridine rings is 1. The van der Waals surface area contributed by atoms with Gasteiger partial charge in [0, 0.05) is 18.8 Å². The van der Waals surface area contributed by atoms with Gasteiger partial charge in [-0.2, -0.15) is 0 Å². The van der Waals surface area contributed by atoms with Gasteiger partial charge in [0.2, 0.25) is 5.91 Å². The standard InChI is InChI=1S/C10H10BrClN2O/c11-8-2-1-3-9(13-8)14-6-7(5-12)4-10(14)15/h1-3,7H,4-6H2. The molecule has 1 aliphatic heterocycles. The normalized spacial score (nSPS) is 21.1. The zero-order chi connectivity index (χ0) is 10.8. The summed E-state index contributed by atoms with van der Waals surface area (Å²) in [7, 11) is 0. The minimum Gasteiger partial charge on any atom is -0.296 e. The van der Waals surface area contributed by atoms with Crippen LogP contribution < -0.4 is 4.90 Å². The number of halogens is 2. The maximum absolute atomic E-state index is 11.7. The Morgan fingerprint density at radius 2 is 2.40 bits per heavy atom. The molecule has 0 saturated carbocycles. The molecule has 0 radical (unpaired) electrons. The summed E-state index contributed by atoms with van der Waals surface area (Å²) in [5, 5.41) is 0. The topological polar surface area (TPSA) is 33.2 Å². The fourth-order valence-electron chi connectivity index (χ4n) is 1.65. The Kier molecular flexibility index (Phi) is 3.26. The number of nitrogens with zero attached hydrogens (tertiary/aromatic N) is 2. The molecule has 1 atom stereocenters. The molecule has 5 heteroatoms. The van der Waals surface area contributed by atoms with Crippen LogP contribution in [0.25, 0.3) is 0 Å². The highest BCUT2D eigenvalue weighted by Gasteiger charge is 2.30. The number of aromatic nitrogens is 1. The lowest BCUT2D eigenvalue weighted by Gasteiger charge is -2.14. The molecule has 1 aliphatic rings. The van der Waals surface area contributed by atoms with Crippen molar-refractivity contribution in [2.24, 2.45) is 5.92 Å². The quantitative estimate of drug-likeness (QED) is 0.619. The van der Waals surface area contributed by atoms with Crippen molar-refractivity contribution < 1.29 is 4.79 Å². The van der Waals surface area contributed by atoms with Gasteiger partial charge in [0.15, 0.2) is 0 Å². The van der Waals surface area contributed by atoms with Crippen LogP contribution in [0.5, 0.6) is 0 Å². The van der Waals surface area contributed by atoms with Gasteiger partial charge in [-0.25, -0.2) is 4.98 Å². The molecule has 0 N–H and O–H groups in total. The van der Waals surface area contributed by atoms with Crippen LogP contribution in [0, 0.1) is 5.92 Å². The van der Waals surface area contributed by atoms with E-state index in [0.29, 0.717) is 24.7 Å². The zero-order valence-electron chi connectivity index (χ0n) is 7.99. The number of rotatable bonds is 2. The monoisotopic (exact) mass is 288 g/mol. The van der Waals surface area contributed by atoms with Gasteiger partial charge in [-0.15, -0.1) is 11.6 Å². The average Bonchev–Trinajstić information content (AvgIpc) is 2.60. The van der Waals surface area contributed by atoms with Crippen LogP contribution in [0.15, 0.2) is 22.8 Å². The van der Waals surface area contributed by atoms with Gasteiger partial charge >= 0.3 is 0 Å². The van der Waals surface area contributed by atoms with Gasteiger partial charge in [0.1, 0.15) is 10.4 Å². The van der Waals surface area contributed by atoms with Crippen molar-refractivity contribution >= 4 is 39.3 Å². The smallest absolute Gasteiger partial charge is 0.228 e. The number of hydrogen-bond acceptors (Lipinski definition) is 2. The lowest BCUT2D eigenvalue weighted by Crippen LogP contribution is -2.25. The van der Waals surface area contributed by atoms with E-state index in [0.717, 1.165) is 4.60 Å². The second-order valence-electron chi connectivity index (χ2n) is 3.55. The molecule has 1 aromatic heterocycles. The van der Waals surface area contributed by atoms with Crippen molar-refractivity contribution in [3.8, 4) is 0 Å². The summed E-state index contributed by atoms with van der Waals surface area (Å²) < 4.78 is 0.738. The first-order valence-corrected chi connectivity index (χ1v) is 6.02. The summed E-state index contributed by atoms with van der Waals surface area (Å²) in [5.41, 5.74) is 0. The number of amides is 1. The Bertz CT molecular complexity index is 385. The molecule has 0 aliphatic carbocycles. The molecule has 0 bridgehead atoms. The predicted octanol–water partition coefficient (Wildman–Crippen LogP) is 2.44. The Morgan fingerprint density at radius 1 is 1.60 bits per heavy atom. The molecule has 1 fully saturated rings. The van der Waals surface area contributed by atoms with Gasteiger partial charge in [0.25, 0.3) is 0 Å². The largest absolute Gasteiger partial charge is 0.296 e. The summed E-state index contributed by atoms with van der Waals surface area (Å²) in [6, 6.07) is 5.54. The molecule has 15 heavy (non-hydrogen) atoms. The molecule has 1 saturated heterocycles. The number of carbonyl (C=O) groups is 1. The zero-order valence-corrected chi connectivity index (χ0v) is 10.3. The molecule has 1 aromatic rings. The third kappa shape index (κ3) is 2.32. The molecule has 0 aromatic carbocycles. The highest BCUT2D eigenvalue weighted by Crippen LogP contribution is 2.25. The first-order chi connectivity index (χ1) is 7.20. The maximum atomic E-state index is 11.7. The third-order valence-electron chi connectivity index (χ3n) is 2.40. The van der Waals surface area contributed by atoms with Crippen LogP contribution >= 0.6 is 27.5 Å². The number of alkyl halides is 1. The summed E-state index contributed by atoms with van der Waals surface area (Å²) in [6.45, 7) is 0.672. The molecule has 2 rings (SSSR count). The minimum atomic E-state index is 0.103. The van der Waals surface area contributed by atoms with Gasteiger partial charge < -0.3 is 0 Å². The van der Waals surface area contributed by atoms with Crippen molar-refractivity contribution in [2.45, 2.75) is 6.42 Å². The van der Waals surface area contributed by atoms with E-state index in [4.69, 9.17) is 11.6 Å². The van der Waals surface area contributed by atoms with E-state index < -0.39 is 0 Å². The van der Waals surface area contributed by atoms with Crippen LogP contribution in [0.1, 0.15) is 6.42 Å². The number of hydrogen-bond donors (Lipinski definition) is 0. The highest BCUT2D eigenvalue weighted by molar-refractivity contribution is 9.10. The van der Waals surface area contributed by atoms with E-state index in [1.54, 1.807) is 4.90 Å². The van der Waals surface area contributed by atoms with Gasteiger partial charge in [0.05, 0.1) is 0 Å². The van der Waals surface area contributed by atoms with Crippen LogP contribution in [0.4, 0.5) is 5.82 Å². The van der Waals surface area contributed by atoms with E-state index in [1.165, 1.54) is 0 Å². The van der Waals surface area contributed by atoms with Crippen molar-refractivity contribution in [3.63, 3.8) is 0 Å². The highest BCUT2D eigenvalue weighted by atomic mass is 79.9. The Balaban J connectivity index is 2.21. The predicted molar refractivity (Wildman–Crippen MR) is 63.1 cm³/mol. The van der Waals surface area contributed by atoms with E-state index in [1.807, 2.05) is 18.2 Å². The second kappa shape index (κ2) is 4.49. The Hall–Kier alpha value is -0.610. The van der Waals surface area contributed by atoms with Crippen LogP contribution in [0.2, 0.25) is 0 Å². The number of carbonyl (C=O) groups excluding carboxylic acids is 1. The van der Waals surface area contributed by atoms with Crippen molar-refractivity contribution in [3.05, 3.63) is 22.8 Å². The first kappa shape index (κ1) is 10.9. The lowest BCUT2D eigenvalue weighted by atomic mass is 10.1. The molecular weight excluding hydrogens is 279 g/mol. The van der Waals surface area contributed by atoms with Crippen molar-refractivity contribution in [1.82, 2.24) is 4.98 Å². The lowest BCUT2D eigenvalue weighted by molar-refractivity contribution is -0.117. The summed E-state index contributed by atoms with van der Waals surface area (Å²) in [5.74, 6) is 1.57. The van der Waals surface area contributed by atoms with E-state index >= 15 is 0 Å². The minimum absolute atomic E-state index is 0.103. The maximum Gasteiger partial charge on any atom is 0.228 e. The van der Waals surface area contributed by atoms with Crippen LogP contribution in [0.3, 0.4) is 0 Å². The SMILES string of the molecule is O=C1CC(CCl)CN1c1cccc(Br)n1. The number of anilines is 1. The van der Waals surface area contributed by atoms with E-state index in [9.17, 15) is 4.79 Å². The molecule has 0 spiro atoms. The van der Waals surface area contributed by atoms with Crippen molar-refractivity contribution in [2.75, 3.05) is 17.3 Å². The van der Waals surface area contributed by atoms with Crippen LogP contribution in [-0.2, 0) is 4.79 Å². The Morgan fingerprint density at radius 3 is 3.00 bits per heavy atom. The molecule has 1 amide bonds. The second-order valence-corrected chi connectivity index (χ2v) is 4.67. The van der Waals surface area contributed by atoms with Gasteiger partial charge in [-0.05, 0) is 34.0 Å². The molecule has 3 nitrogen and oxygen atoms in total. The first-order valence-electron chi connectivity index (χ1n) is 4.69. The summed E-state index contributed by atoms with van der Waals surface area (Å²) in [4.78, 5) is 17.6. The molecule has 80 valence electrons. The van der Waals surface area contributed by atoms with Crippen molar-refractivity contribution in [1.29, 1.82) is 0 Å². The third-order valence-corrected chi connectivity index (χ3v) is 3.28. The molecule has 2 heterocycles. The summed E-state index contributed by atoms with van der Waals surface area (Å²) in [6.07, 6.45) is 0.525. The fraction of sp³-hybridized carbons (Fsp3) is 0.400.